The van der Waals surface area contributed by atoms with Gasteiger partial charge in [0.15, 0.2) is 0 Å². The third-order valence-electron chi connectivity index (χ3n) is 2.13. The van der Waals surface area contributed by atoms with E-state index in [0.717, 1.165) is 10.0 Å². The number of benzene rings is 2. The van der Waals surface area contributed by atoms with Crippen LogP contribution in [0.15, 0.2) is 53.0 Å². The van der Waals surface area contributed by atoms with Crippen molar-refractivity contribution in [1.29, 1.82) is 0 Å². The second kappa shape index (κ2) is 5.37. The molecule has 1 nitrogen and oxygen atoms in total. The average Bonchev–Trinajstić information content (AvgIpc) is 2.29. The Morgan fingerprint density at radius 2 is 1.81 bits per heavy atom. The van der Waals surface area contributed by atoms with Gasteiger partial charge in [0.25, 0.3) is 0 Å². The standard InChI is InChI=1S/C13H10BrClO/c14-11-6-7-13(12(15)8-11)16-9-10-4-2-1-3-5-10/h1-8H,9H2. The predicted molar refractivity (Wildman–Crippen MR) is 69.9 cm³/mol. The third-order valence-corrected chi connectivity index (χ3v) is 2.92. The van der Waals surface area contributed by atoms with E-state index in [-0.39, 0.29) is 0 Å². The van der Waals surface area contributed by atoms with E-state index in [9.17, 15) is 0 Å². The van der Waals surface area contributed by atoms with E-state index >= 15 is 0 Å². The highest BCUT2D eigenvalue weighted by Gasteiger charge is 2.02. The van der Waals surface area contributed by atoms with Gasteiger partial charge in [-0.05, 0) is 23.8 Å². The van der Waals surface area contributed by atoms with Crippen LogP contribution in [0.4, 0.5) is 0 Å². The van der Waals surface area contributed by atoms with E-state index in [1.807, 2.05) is 48.5 Å². The van der Waals surface area contributed by atoms with Gasteiger partial charge in [0, 0.05) is 4.47 Å². The summed E-state index contributed by atoms with van der Waals surface area (Å²) in [6.07, 6.45) is 0. The summed E-state index contributed by atoms with van der Waals surface area (Å²) < 4.78 is 6.57. The Bertz CT molecular complexity index is 471. The summed E-state index contributed by atoms with van der Waals surface area (Å²) in [6.45, 7) is 0.530. The summed E-state index contributed by atoms with van der Waals surface area (Å²) in [6, 6.07) is 15.6. The highest BCUT2D eigenvalue weighted by atomic mass is 79.9. The molecule has 2 rings (SSSR count). The van der Waals surface area contributed by atoms with Crippen molar-refractivity contribution in [2.75, 3.05) is 0 Å². The number of halogens is 2. The lowest BCUT2D eigenvalue weighted by molar-refractivity contribution is 0.306. The lowest BCUT2D eigenvalue weighted by Crippen LogP contribution is -1.95. The molecule has 2 aromatic rings. The Morgan fingerprint density at radius 3 is 2.50 bits per heavy atom. The fraction of sp³-hybridized carbons (Fsp3) is 0.0769. The van der Waals surface area contributed by atoms with E-state index in [1.165, 1.54) is 0 Å². The first-order chi connectivity index (χ1) is 7.75. The Balaban J connectivity index is 2.05. The molecule has 0 heterocycles. The van der Waals surface area contributed by atoms with Crippen molar-refractivity contribution in [3.8, 4) is 5.75 Å². The first-order valence-corrected chi connectivity index (χ1v) is 6.04. The lowest BCUT2D eigenvalue weighted by Gasteiger charge is -2.08. The first kappa shape index (κ1) is 11.5. The van der Waals surface area contributed by atoms with Crippen molar-refractivity contribution in [2.45, 2.75) is 6.61 Å². The Kier molecular flexibility index (Phi) is 3.86. The predicted octanol–water partition coefficient (Wildman–Crippen LogP) is 4.68. The normalized spacial score (nSPS) is 10.1. The van der Waals surface area contributed by atoms with Gasteiger partial charge in [0.1, 0.15) is 12.4 Å². The molecule has 82 valence electrons. The van der Waals surface area contributed by atoms with Crippen LogP contribution in [-0.4, -0.2) is 0 Å². The van der Waals surface area contributed by atoms with Gasteiger partial charge in [-0.1, -0.05) is 57.9 Å². The van der Waals surface area contributed by atoms with Crippen molar-refractivity contribution < 1.29 is 4.74 Å². The molecule has 0 aliphatic heterocycles. The molecule has 0 aromatic heterocycles. The van der Waals surface area contributed by atoms with Crippen LogP contribution in [0.5, 0.6) is 5.75 Å². The molecular weight excluding hydrogens is 287 g/mol. The molecule has 2 aromatic carbocycles. The maximum atomic E-state index is 6.04. The fourth-order valence-electron chi connectivity index (χ4n) is 1.33. The zero-order valence-corrected chi connectivity index (χ0v) is 10.8. The molecule has 0 amide bonds. The molecule has 0 aliphatic carbocycles. The minimum atomic E-state index is 0.530. The van der Waals surface area contributed by atoms with Gasteiger partial charge in [-0.25, -0.2) is 0 Å². The van der Waals surface area contributed by atoms with Crippen LogP contribution in [0.2, 0.25) is 5.02 Å². The largest absolute Gasteiger partial charge is 0.487 e. The van der Waals surface area contributed by atoms with Crippen molar-refractivity contribution in [3.63, 3.8) is 0 Å². The number of hydrogen-bond donors (Lipinski definition) is 0. The van der Waals surface area contributed by atoms with Gasteiger partial charge in [-0.15, -0.1) is 0 Å². The summed E-state index contributed by atoms with van der Waals surface area (Å²) >= 11 is 9.39. The van der Waals surface area contributed by atoms with Crippen LogP contribution in [0.1, 0.15) is 5.56 Å². The smallest absolute Gasteiger partial charge is 0.138 e. The molecule has 0 fully saturated rings. The minimum Gasteiger partial charge on any atom is -0.487 e. The molecule has 0 saturated carbocycles. The van der Waals surface area contributed by atoms with E-state index in [1.54, 1.807) is 0 Å². The zero-order valence-electron chi connectivity index (χ0n) is 8.49. The van der Waals surface area contributed by atoms with Crippen molar-refractivity contribution in [1.82, 2.24) is 0 Å². The first-order valence-electron chi connectivity index (χ1n) is 4.87. The number of hydrogen-bond acceptors (Lipinski definition) is 1. The van der Waals surface area contributed by atoms with E-state index in [2.05, 4.69) is 15.9 Å². The van der Waals surface area contributed by atoms with Crippen molar-refractivity contribution in [2.24, 2.45) is 0 Å². The van der Waals surface area contributed by atoms with Crippen LogP contribution < -0.4 is 4.74 Å². The summed E-state index contributed by atoms with van der Waals surface area (Å²) in [5.41, 5.74) is 1.13. The average molecular weight is 298 g/mol. The molecule has 0 bridgehead atoms. The van der Waals surface area contributed by atoms with Gasteiger partial charge in [-0.3, -0.25) is 0 Å². The van der Waals surface area contributed by atoms with Crippen LogP contribution in [0.25, 0.3) is 0 Å². The van der Waals surface area contributed by atoms with Crippen molar-refractivity contribution >= 4 is 27.5 Å². The summed E-state index contributed by atoms with van der Waals surface area (Å²) in [4.78, 5) is 0. The molecule has 0 spiro atoms. The van der Waals surface area contributed by atoms with Crippen LogP contribution in [-0.2, 0) is 6.61 Å². The topological polar surface area (TPSA) is 9.23 Å². The summed E-state index contributed by atoms with van der Waals surface area (Å²) in [5.74, 6) is 0.703. The Hall–Kier alpha value is -0.990. The molecule has 0 saturated heterocycles. The maximum Gasteiger partial charge on any atom is 0.138 e. The molecule has 16 heavy (non-hydrogen) atoms. The zero-order chi connectivity index (χ0) is 11.4. The Morgan fingerprint density at radius 1 is 1.06 bits per heavy atom. The monoisotopic (exact) mass is 296 g/mol. The summed E-state index contributed by atoms with van der Waals surface area (Å²) in [5, 5.41) is 0.616. The van der Waals surface area contributed by atoms with Gasteiger partial charge in [-0.2, -0.15) is 0 Å². The highest BCUT2D eigenvalue weighted by Crippen LogP contribution is 2.28. The fourth-order valence-corrected chi connectivity index (χ4v) is 2.06. The molecule has 0 atom stereocenters. The SMILES string of the molecule is Clc1cc(Br)ccc1OCc1ccccc1. The van der Waals surface area contributed by atoms with Gasteiger partial charge in [0.2, 0.25) is 0 Å². The highest BCUT2D eigenvalue weighted by molar-refractivity contribution is 9.10. The van der Waals surface area contributed by atoms with Crippen LogP contribution in [0, 0.1) is 0 Å². The number of rotatable bonds is 3. The quantitative estimate of drug-likeness (QED) is 0.799. The van der Waals surface area contributed by atoms with Gasteiger partial charge in [0.05, 0.1) is 5.02 Å². The van der Waals surface area contributed by atoms with Crippen LogP contribution in [0.3, 0.4) is 0 Å². The van der Waals surface area contributed by atoms with Gasteiger partial charge < -0.3 is 4.74 Å². The van der Waals surface area contributed by atoms with E-state index in [0.29, 0.717) is 17.4 Å². The second-order valence-electron chi connectivity index (χ2n) is 3.35. The maximum absolute atomic E-state index is 6.04. The van der Waals surface area contributed by atoms with Gasteiger partial charge >= 0.3 is 0 Å². The van der Waals surface area contributed by atoms with Crippen molar-refractivity contribution in [3.05, 3.63) is 63.6 Å². The van der Waals surface area contributed by atoms with E-state index < -0.39 is 0 Å². The molecule has 0 N–H and O–H groups in total. The molecule has 0 radical (unpaired) electrons. The summed E-state index contributed by atoms with van der Waals surface area (Å²) in [7, 11) is 0. The molecule has 0 aliphatic rings. The minimum absolute atomic E-state index is 0.530. The van der Waals surface area contributed by atoms with Crippen LogP contribution >= 0.6 is 27.5 Å². The molecule has 0 unspecified atom stereocenters. The third kappa shape index (κ3) is 3.00. The van der Waals surface area contributed by atoms with E-state index in [4.69, 9.17) is 16.3 Å². The lowest BCUT2D eigenvalue weighted by atomic mass is 10.2. The molecular formula is C13H10BrClO. The Labute approximate surface area is 108 Å². The number of ether oxygens (including phenoxy) is 1. The second-order valence-corrected chi connectivity index (χ2v) is 4.67. The molecule has 3 heteroatoms.